The third-order valence-corrected chi connectivity index (χ3v) is 6.09. The SMILES string of the molecule is CCOc1ccc(/C(O)=C2/C(=O)C(=O)N(c3cccc(C)c3)C2c2cccnc2)cc1C(C)(C)C. The predicted octanol–water partition coefficient (Wildman–Crippen LogP) is 5.71. The minimum atomic E-state index is -0.810. The molecule has 3 aromatic rings. The van der Waals surface area contributed by atoms with E-state index >= 15 is 0 Å². The van der Waals surface area contributed by atoms with Crippen LogP contribution in [0.1, 0.15) is 56.0 Å². The zero-order valence-corrected chi connectivity index (χ0v) is 20.7. The molecular weight excluding hydrogens is 440 g/mol. The minimum Gasteiger partial charge on any atom is -0.507 e. The van der Waals surface area contributed by atoms with Crippen molar-refractivity contribution in [2.75, 3.05) is 11.5 Å². The summed E-state index contributed by atoms with van der Waals surface area (Å²) >= 11 is 0. The van der Waals surface area contributed by atoms with E-state index in [1.54, 1.807) is 42.7 Å². The Morgan fingerprint density at radius 1 is 1.09 bits per heavy atom. The van der Waals surface area contributed by atoms with Crippen LogP contribution in [0.5, 0.6) is 5.75 Å². The number of Topliss-reactive ketones (excluding diaryl/α,β-unsaturated/α-hetero) is 1. The van der Waals surface area contributed by atoms with E-state index < -0.39 is 17.7 Å². The Morgan fingerprint density at radius 2 is 1.86 bits per heavy atom. The molecule has 2 heterocycles. The number of benzene rings is 2. The molecule has 180 valence electrons. The van der Waals surface area contributed by atoms with E-state index in [-0.39, 0.29) is 16.7 Å². The number of aryl methyl sites for hydroxylation is 1. The molecule has 0 saturated carbocycles. The molecule has 0 aliphatic carbocycles. The molecule has 1 N–H and O–H groups in total. The predicted molar refractivity (Wildman–Crippen MR) is 137 cm³/mol. The standard InChI is InChI=1S/C29H30N2O4/c1-6-35-23-13-12-19(16-22(23)29(3,4)5)26(32)24-25(20-10-8-14-30-17-20)31(28(34)27(24)33)21-11-7-9-18(2)15-21/h7-17,25,32H,6H2,1-5H3/b26-24-. The lowest BCUT2D eigenvalue weighted by atomic mass is 9.84. The fraction of sp³-hybridized carbons (Fsp3) is 0.276. The lowest BCUT2D eigenvalue weighted by molar-refractivity contribution is -0.132. The highest BCUT2D eigenvalue weighted by Crippen LogP contribution is 2.43. The van der Waals surface area contributed by atoms with Gasteiger partial charge >= 0.3 is 0 Å². The topological polar surface area (TPSA) is 79.7 Å². The Kier molecular flexibility index (Phi) is 6.48. The number of pyridine rings is 1. The van der Waals surface area contributed by atoms with Gasteiger partial charge in [0.05, 0.1) is 18.2 Å². The molecule has 0 bridgehead atoms. The lowest BCUT2D eigenvalue weighted by Gasteiger charge is -2.26. The highest BCUT2D eigenvalue weighted by Gasteiger charge is 2.47. The minimum absolute atomic E-state index is 0.0357. The zero-order valence-electron chi connectivity index (χ0n) is 20.7. The summed E-state index contributed by atoms with van der Waals surface area (Å²) in [6.07, 6.45) is 3.25. The molecule has 1 aliphatic rings. The van der Waals surface area contributed by atoms with Crippen LogP contribution < -0.4 is 9.64 Å². The molecule has 1 amide bonds. The Morgan fingerprint density at radius 3 is 2.49 bits per heavy atom. The van der Waals surface area contributed by atoms with Gasteiger partial charge in [-0.1, -0.05) is 39.0 Å². The molecule has 1 aromatic heterocycles. The maximum Gasteiger partial charge on any atom is 0.300 e. The van der Waals surface area contributed by atoms with E-state index in [9.17, 15) is 14.7 Å². The first-order chi connectivity index (χ1) is 16.6. The monoisotopic (exact) mass is 470 g/mol. The molecule has 6 heteroatoms. The van der Waals surface area contributed by atoms with Crippen LogP contribution in [0.4, 0.5) is 5.69 Å². The quantitative estimate of drug-likeness (QED) is 0.293. The molecule has 1 atom stereocenters. The second kappa shape index (κ2) is 9.37. The second-order valence-electron chi connectivity index (χ2n) is 9.69. The highest BCUT2D eigenvalue weighted by atomic mass is 16.5. The highest BCUT2D eigenvalue weighted by molar-refractivity contribution is 6.51. The zero-order chi connectivity index (χ0) is 25.3. The number of hydrogen-bond donors (Lipinski definition) is 1. The van der Waals surface area contributed by atoms with E-state index in [0.717, 1.165) is 16.9 Å². The number of carbonyl (C=O) groups excluding carboxylic acids is 2. The summed E-state index contributed by atoms with van der Waals surface area (Å²) in [5, 5.41) is 11.5. The summed E-state index contributed by atoms with van der Waals surface area (Å²) in [5.41, 5.74) is 3.30. The molecule has 6 nitrogen and oxygen atoms in total. The Labute approximate surface area is 205 Å². The van der Waals surface area contributed by atoms with Gasteiger partial charge < -0.3 is 9.84 Å². The lowest BCUT2D eigenvalue weighted by Crippen LogP contribution is -2.29. The van der Waals surface area contributed by atoms with E-state index in [0.29, 0.717) is 23.4 Å². The maximum atomic E-state index is 13.4. The van der Waals surface area contributed by atoms with Crippen LogP contribution in [0.3, 0.4) is 0 Å². The number of carbonyl (C=O) groups is 2. The molecule has 4 rings (SSSR count). The number of aliphatic hydroxyl groups is 1. The third-order valence-electron chi connectivity index (χ3n) is 6.09. The van der Waals surface area contributed by atoms with Gasteiger partial charge in [-0.25, -0.2) is 0 Å². The van der Waals surface area contributed by atoms with Crippen LogP contribution in [0.25, 0.3) is 5.76 Å². The van der Waals surface area contributed by atoms with Crippen LogP contribution in [0.15, 0.2) is 72.6 Å². The number of aliphatic hydroxyl groups excluding tert-OH is 1. The van der Waals surface area contributed by atoms with Gasteiger partial charge in [0.1, 0.15) is 11.5 Å². The second-order valence-corrected chi connectivity index (χ2v) is 9.69. The van der Waals surface area contributed by atoms with Crippen LogP contribution in [0, 0.1) is 6.92 Å². The average Bonchev–Trinajstić information content (AvgIpc) is 3.09. The summed E-state index contributed by atoms with van der Waals surface area (Å²) in [7, 11) is 0. The van der Waals surface area contributed by atoms with Crippen molar-refractivity contribution in [3.05, 3.63) is 94.8 Å². The van der Waals surface area contributed by atoms with Gasteiger partial charge in [0.15, 0.2) is 0 Å². The molecule has 1 fully saturated rings. The Hall–Kier alpha value is -3.93. The normalized spacial score (nSPS) is 17.6. The van der Waals surface area contributed by atoms with Crippen molar-refractivity contribution in [2.24, 2.45) is 0 Å². The first kappa shape index (κ1) is 24.2. The number of nitrogens with zero attached hydrogens (tertiary/aromatic N) is 2. The van der Waals surface area contributed by atoms with Gasteiger partial charge in [0, 0.05) is 29.2 Å². The molecule has 1 unspecified atom stereocenters. The van der Waals surface area contributed by atoms with E-state index in [1.165, 1.54) is 4.90 Å². The third kappa shape index (κ3) is 4.56. The Balaban J connectivity index is 1.94. The van der Waals surface area contributed by atoms with Crippen molar-refractivity contribution in [1.29, 1.82) is 0 Å². The summed E-state index contributed by atoms with van der Waals surface area (Å²) in [6.45, 7) is 10.5. The van der Waals surface area contributed by atoms with E-state index in [2.05, 4.69) is 25.8 Å². The summed E-state index contributed by atoms with van der Waals surface area (Å²) in [4.78, 5) is 32.3. The van der Waals surface area contributed by atoms with Crippen molar-refractivity contribution < 1.29 is 19.4 Å². The smallest absolute Gasteiger partial charge is 0.300 e. The molecule has 0 spiro atoms. The van der Waals surface area contributed by atoms with E-state index in [1.807, 2.05) is 38.1 Å². The average molecular weight is 471 g/mol. The van der Waals surface area contributed by atoms with Gasteiger partial charge in [-0.3, -0.25) is 19.5 Å². The number of aromatic nitrogens is 1. The first-order valence-electron chi connectivity index (χ1n) is 11.7. The first-order valence-corrected chi connectivity index (χ1v) is 11.7. The molecular formula is C29H30N2O4. The van der Waals surface area contributed by atoms with Gasteiger partial charge in [-0.2, -0.15) is 0 Å². The molecule has 1 aliphatic heterocycles. The number of amides is 1. The molecule has 0 radical (unpaired) electrons. The number of ketones is 1. The number of anilines is 1. The van der Waals surface area contributed by atoms with Crippen molar-refractivity contribution in [2.45, 2.75) is 46.1 Å². The van der Waals surface area contributed by atoms with Gasteiger partial charge in [-0.05, 0) is 66.8 Å². The van der Waals surface area contributed by atoms with Crippen LogP contribution in [-0.2, 0) is 15.0 Å². The number of rotatable bonds is 5. The van der Waals surface area contributed by atoms with Crippen LogP contribution in [0.2, 0.25) is 0 Å². The van der Waals surface area contributed by atoms with Crippen molar-refractivity contribution in [3.63, 3.8) is 0 Å². The van der Waals surface area contributed by atoms with Gasteiger partial charge in [0.2, 0.25) is 0 Å². The Bertz CT molecular complexity index is 1310. The van der Waals surface area contributed by atoms with Crippen molar-refractivity contribution in [1.82, 2.24) is 4.98 Å². The largest absolute Gasteiger partial charge is 0.507 e. The summed E-state index contributed by atoms with van der Waals surface area (Å²) in [6, 6.07) is 15.5. The van der Waals surface area contributed by atoms with Crippen molar-refractivity contribution >= 4 is 23.1 Å². The molecule has 1 saturated heterocycles. The summed E-state index contributed by atoms with van der Waals surface area (Å²) in [5.74, 6) is -0.918. The number of ether oxygens (including phenoxy) is 1. The van der Waals surface area contributed by atoms with Gasteiger partial charge in [-0.15, -0.1) is 0 Å². The van der Waals surface area contributed by atoms with Gasteiger partial charge in [0.25, 0.3) is 11.7 Å². The summed E-state index contributed by atoms with van der Waals surface area (Å²) < 4.78 is 5.80. The van der Waals surface area contributed by atoms with Crippen LogP contribution >= 0.6 is 0 Å². The fourth-order valence-corrected chi connectivity index (χ4v) is 4.43. The van der Waals surface area contributed by atoms with Crippen LogP contribution in [-0.4, -0.2) is 28.4 Å². The number of hydrogen-bond acceptors (Lipinski definition) is 5. The molecule has 2 aromatic carbocycles. The molecule has 35 heavy (non-hydrogen) atoms. The maximum absolute atomic E-state index is 13.4. The van der Waals surface area contributed by atoms with E-state index in [4.69, 9.17) is 4.74 Å². The van der Waals surface area contributed by atoms with Crippen molar-refractivity contribution in [3.8, 4) is 5.75 Å². The fourth-order valence-electron chi connectivity index (χ4n) is 4.43.